The van der Waals surface area contributed by atoms with Gasteiger partial charge < -0.3 is 20.3 Å². The summed E-state index contributed by atoms with van der Waals surface area (Å²) in [6.07, 6.45) is 1.47. The van der Waals surface area contributed by atoms with Gasteiger partial charge in [0.15, 0.2) is 0 Å². The molecule has 6 nitrogen and oxygen atoms in total. The fourth-order valence-electron chi connectivity index (χ4n) is 3.35. The van der Waals surface area contributed by atoms with Crippen LogP contribution in [0.2, 0.25) is 0 Å². The molecule has 1 aliphatic heterocycles. The lowest BCUT2D eigenvalue weighted by molar-refractivity contribution is -0.122. The molecule has 0 unspecified atom stereocenters. The number of benzene rings is 1. The van der Waals surface area contributed by atoms with E-state index in [4.69, 9.17) is 4.74 Å². The van der Waals surface area contributed by atoms with Gasteiger partial charge in [0.25, 0.3) is 0 Å². The molecule has 0 spiro atoms. The van der Waals surface area contributed by atoms with Crippen molar-refractivity contribution in [1.29, 1.82) is 0 Å². The SMILES string of the molecule is COCCC[C@@]1(CO)CN(CC(=O)Nc2ccccc2)CC[C@H]1O. The van der Waals surface area contributed by atoms with E-state index in [1.54, 1.807) is 7.11 Å². The van der Waals surface area contributed by atoms with Crippen molar-refractivity contribution < 1.29 is 19.7 Å². The number of ether oxygens (including phenoxy) is 1. The molecule has 6 heteroatoms. The van der Waals surface area contributed by atoms with Crippen molar-refractivity contribution in [3.63, 3.8) is 0 Å². The molecule has 2 rings (SSSR count). The predicted molar refractivity (Wildman–Crippen MR) is 92.8 cm³/mol. The summed E-state index contributed by atoms with van der Waals surface area (Å²) in [6, 6.07) is 9.34. The van der Waals surface area contributed by atoms with Crippen LogP contribution in [-0.2, 0) is 9.53 Å². The Morgan fingerprint density at radius 3 is 2.83 bits per heavy atom. The van der Waals surface area contributed by atoms with Gasteiger partial charge in [0.1, 0.15) is 0 Å². The second kappa shape index (κ2) is 9.13. The number of para-hydroxylation sites is 1. The van der Waals surface area contributed by atoms with E-state index in [0.717, 1.165) is 12.1 Å². The van der Waals surface area contributed by atoms with Gasteiger partial charge in [0, 0.05) is 37.9 Å². The van der Waals surface area contributed by atoms with Gasteiger partial charge >= 0.3 is 0 Å². The number of rotatable bonds is 8. The molecule has 0 aromatic heterocycles. The first-order valence-electron chi connectivity index (χ1n) is 8.45. The third kappa shape index (κ3) is 5.01. The molecule has 0 aliphatic carbocycles. The van der Waals surface area contributed by atoms with E-state index in [1.165, 1.54) is 0 Å². The van der Waals surface area contributed by atoms with Gasteiger partial charge in [-0.3, -0.25) is 9.69 Å². The topological polar surface area (TPSA) is 82.0 Å². The number of carbonyl (C=O) groups is 1. The van der Waals surface area contributed by atoms with Crippen LogP contribution in [0.3, 0.4) is 0 Å². The molecule has 0 radical (unpaired) electrons. The number of methoxy groups -OCH3 is 1. The number of anilines is 1. The van der Waals surface area contributed by atoms with Crippen molar-refractivity contribution in [2.75, 3.05) is 45.3 Å². The number of nitrogens with zero attached hydrogens (tertiary/aromatic N) is 1. The third-order valence-electron chi connectivity index (χ3n) is 4.73. The molecule has 1 saturated heterocycles. The van der Waals surface area contributed by atoms with Crippen LogP contribution in [0.25, 0.3) is 0 Å². The van der Waals surface area contributed by atoms with Crippen LogP contribution in [0.5, 0.6) is 0 Å². The predicted octanol–water partition coefficient (Wildman–Crippen LogP) is 1.10. The van der Waals surface area contributed by atoms with Crippen LogP contribution >= 0.6 is 0 Å². The molecule has 1 aliphatic rings. The quantitative estimate of drug-likeness (QED) is 0.619. The molecule has 1 aromatic rings. The van der Waals surface area contributed by atoms with Crippen LogP contribution in [-0.4, -0.2) is 67.1 Å². The summed E-state index contributed by atoms with van der Waals surface area (Å²) in [7, 11) is 1.64. The Morgan fingerprint density at radius 1 is 1.42 bits per heavy atom. The highest BCUT2D eigenvalue weighted by molar-refractivity contribution is 5.92. The smallest absolute Gasteiger partial charge is 0.238 e. The minimum atomic E-state index is -0.580. The summed E-state index contributed by atoms with van der Waals surface area (Å²) < 4.78 is 5.07. The van der Waals surface area contributed by atoms with Crippen LogP contribution in [0, 0.1) is 5.41 Å². The average Bonchev–Trinajstić information content (AvgIpc) is 2.58. The molecule has 0 bridgehead atoms. The summed E-state index contributed by atoms with van der Waals surface area (Å²) in [5, 5.41) is 23.1. The molecule has 1 heterocycles. The molecule has 24 heavy (non-hydrogen) atoms. The molecule has 1 fully saturated rings. The Morgan fingerprint density at radius 2 is 2.17 bits per heavy atom. The van der Waals surface area contributed by atoms with Crippen molar-refractivity contribution in [2.45, 2.75) is 25.4 Å². The van der Waals surface area contributed by atoms with Gasteiger partial charge in [-0.1, -0.05) is 18.2 Å². The lowest BCUT2D eigenvalue weighted by Crippen LogP contribution is -2.55. The molecule has 0 saturated carbocycles. The number of amides is 1. The van der Waals surface area contributed by atoms with Crippen molar-refractivity contribution in [2.24, 2.45) is 5.41 Å². The van der Waals surface area contributed by atoms with Gasteiger partial charge in [-0.15, -0.1) is 0 Å². The number of piperidine rings is 1. The maximum Gasteiger partial charge on any atom is 0.238 e. The fraction of sp³-hybridized carbons (Fsp3) is 0.611. The first kappa shape index (κ1) is 18.9. The van der Waals surface area contributed by atoms with E-state index < -0.39 is 11.5 Å². The van der Waals surface area contributed by atoms with Gasteiger partial charge in [0.2, 0.25) is 5.91 Å². The average molecular weight is 336 g/mol. The van der Waals surface area contributed by atoms with Crippen molar-refractivity contribution in [3.8, 4) is 0 Å². The Bertz CT molecular complexity index is 511. The zero-order valence-corrected chi connectivity index (χ0v) is 14.3. The number of aliphatic hydroxyl groups excluding tert-OH is 2. The van der Waals surface area contributed by atoms with E-state index in [-0.39, 0.29) is 19.1 Å². The van der Waals surface area contributed by atoms with E-state index in [2.05, 4.69) is 5.32 Å². The molecule has 3 N–H and O–H groups in total. The zero-order valence-electron chi connectivity index (χ0n) is 14.3. The Balaban J connectivity index is 1.92. The van der Waals surface area contributed by atoms with Gasteiger partial charge in [-0.2, -0.15) is 0 Å². The lowest BCUT2D eigenvalue weighted by atomic mass is 9.74. The minimum Gasteiger partial charge on any atom is -0.396 e. The number of hydrogen-bond acceptors (Lipinski definition) is 5. The fourth-order valence-corrected chi connectivity index (χ4v) is 3.35. The van der Waals surface area contributed by atoms with Gasteiger partial charge in [-0.05, 0) is 31.4 Å². The maximum atomic E-state index is 12.2. The Hall–Kier alpha value is -1.47. The van der Waals surface area contributed by atoms with Crippen LogP contribution in [0.15, 0.2) is 30.3 Å². The molecular formula is C18H28N2O4. The van der Waals surface area contributed by atoms with E-state index in [9.17, 15) is 15.0 Å². The van der Waals surface area contributed by atoms with Crippen molar-refractivity contribution >= 4 is 11.6 Å². The van der Waals surface area contributed by atoms with Crippen molar-refractivity contribution in [1.82, 2.24) is 4.90 Å². The number of likely N-dealkylation sites (tertiary alicyclic amines) is 1. The second-order valence-electron chi connectivity index (χ2n) is 6.55. The monoisotopic (exact) mass is 336 g/mol. The standard InChI is InChI=1S/C18H28N2O4/c1-24-11-5-9-18(14-21)13-20(10-8-16(18)22)12-17(23)19-15-6-3-2-4-7-15/h2-4,6-7,16,21-22H,5,8-14H2,1H3,(H,19,23)/t16-,18+/m1/s1. The highest BCUT2D eigenvalue weighted by Crippen LogP contribution is 2.34. The number of hydrogen-bond donors (Lipinski definition) is 3. The molecule has 1 amide bonds. The Labute approximate surface area is 143 Å². The van der Waals surface area contributed by atoms with Gasteiger partial charge in [0.05, 0.1) is 19.3 Å². The third-order valence-corrected chi connectivity index (χ3v) is 4.73. The van der Waals surface area contributed by atoms with E-state index in [0.29, 0.717) is 32.5 Å². The maximum absolute atomic E-state index is 12.2. The summed E-state index contributed by atoms with van der Waals surface area (Å²) in [5.74, 6) is -0.0821. The first-order chi connectivity index (χ1) is 11.6. The molecule has 134 valence electrons. The molecular weight excluding hydrogens is 308 g/mol. The zero-order chi connectivity index (χ0) is 17.4. The van der Waals surface area contributed by atoms with Gasteiger partial charge in [-0.25, -0.2) is 0 Å². The highest BCUT2D eigenvalue weighted by Gasteiger charge is 2.42. The second-order valence-corrected chi connectivity index (χ2v) is 6.55. The first-order valence-corrected chi connectivity index (χ1v) is 8.45. The number of nitrogens with one attached hydrogen (secondary N) is 1. The number of aliphatic hydroxyl groups is 2. The van der Waals surface area contributed by atoms with Crippen molar-refractivity contribution in [3.05, 3.63) is 30.3 Å². The summed E-state index contributed by atoms with van der Waals surface area (Å²) >= 11 is 0. The summed E-state index contributed by atoms with van der Waals surface area (Å²) in [5.41, 5.74) is 0.192. The minimum absolute atomic E-state index is 0.0821. The summed E-state index contributed by atoms with van der Waals surface area (Å²) in [6.45, 7) is 1.93. The van der Waals surface area contributed by atoms with E-state index >= 15 is 0 Å². The summed E-state index contributed by atoms with van der Waals surface area (Å²) in [4.78, 5) is 14.2. The number of carbonyl (C=O) groups excluding carboxylic acids is 1. The Kier molecular flexibility index (Phi) is 7.17. The van der Waals surface area contributed by atoms with E-state index in [1.807, 2.05) is 35.2 Å². The van der Waals surface area contributed by atoms with Crippen LogP contribution in [0.4, 0.5) is 5.69 Å². The molecule has 2 atom stereocenters. The lowest BCUT2D eigenvalue weighted by Gasteiger charge is -2.45. The molecule has 1 aromatic carbocycles. The van der Waals surface area contributed by atoms with Crippen LogP contribution < -0.4 is 5.32 Å². The highest BCUT2D eigenvalue weighted by atomic mass is 16.5. The van der Waals surface area contributed by atoms with Crippen LogP contribution in [0.1, 0.15) is 19.3 Å². The normalized spacial score (nSPS) is 24.7. The largest absolute Gasteiger partial charge is 0.396 e.